The Morgan fingerprint density at radius 2 is 2.05 bits per heavy atom. The zero-order valence-electron chi connectivity index (χ0n) is 13.0. The highest BCUT2D eigenvalue weighted by atomic mass is 16.3. The molecule has 1 aromatic heterocycles. The summed E-state index contributed by atoms with van der Waals surface area (Å²) in [7, 11) is 1.97. The molecule has 0 spiro atoms. The van der Waals surface area contributed by atoms with Crippen LogP contribution in [-0.2, 0) is 13.1 Å². The number of likely N-dealkylation sites (tertiary alicyclic amines) is 1. The Morgan fingerprint density at radius 3 is 2.85 bits per heavy atom. The molecule has 1 saturated carbocycles. The van der Waals surface area contributed by atoms with E-state index in [1.165, 1.54) is 50.8 Å². The van der Waals surface area contributed by atoms with Crippen LogP contribution in [0.2, 0.25) is 0 Å². The maximum absolute atomic E-state index is 5.99. The molecule has 3 nitrogen and oxygen atoms in total. The van der Waals surface area contributed by atoms with Crippen LogP contribution in [0.5, 0.6) is 0 Å². The third-order valence-electron chi connectivity index (χ3n) is 5.16. The van der Waals surface area contributed by atoms with Gasteiger partial charge in [-0.05, 0) is 56.8 Å². The minimum Gasteiger partial charge on any atom is -0.463 e. The summed E-state index contributed by atoms with van der Waals surface area (Å²) in [5.74, 6) is 4.19. The van der Waals surface area contributed by atoms with E-state index in [2.05, 4.69) is 23.2 Å². The number of furan rings is 1. The lowest BCUT2D eigenvalue weighted by Crippen LogP contribution is -2.41. The third kappa shape index (κ3) is 3.09. The van der Waals surface area contributed by atoms with Gasteiger partial charge in [-0.15, -0.1) is 0 Å². The Morgan fingerprint density at radius 1 is 1.25 bits per heavy atom. The van der Waals surface area contributed by atoms with Crippen molar-refractivity contribution in [1.82, 2.24) is 10.2 Å². The van der Waals surface area contributed by atoms with E-state index in [0.29, 0.717) is 0 Å². The van der Waals surface area contributed by atoms with Crippen LogP contribution in [-0.4, -0.2) is 25.0 Å². The summed E-state index contributed by atoms with van der Waals surface area (Å²) in [6.45, 7) is 6.51. The summed E-state index contributed by atoms with van der Waals surface area (Å²) >= 11 is 0. The van der Waals surface area contributed by atoms with E-state index in [-0.39, 0.29) is 0 Å². The summed E-state index contributed by atoms with van der Waals surface area (Å²) in [5.41, 5.74) is 1.28. The van der Waals surface area contributed by atoms with Gasteiger partial charge in [-0.1, -0.05) is 19.3 Å². The first kappa shape index (κ1) is 14.2. The van der Waals surface area contributed by atoms with Gasteiger partial charge in [0.05, 0.1) is 13.1 Å². The molecular weight excluding hydrogens is 248 g/mol. The zero-order valence-corrected chi connectivity index (χ0v) is 13.0. The summed E-state index contributed by atoms with van der Waals surface area (Å²) in [6, 6.07) is 2.22. The fraction of sp³-hybridized carbons (Fsp3) is 0.765. The minimum atomic E-state index is 0.830. The molecule has 3 rings (SSSR count). The quantitative estimate of drug-likeness (QED) is 0.914. The summed E-state index contributed by atoms with van der Waals surface area (Å²) in [6.07, 6.45) is 7.23. The number of fused-ring (bicyclic) bond motifs is 1. The maximum atomic E-state index is 5.99. The maximum Gasteiger partial charge on any atom is 0.120 e. The van der Waals surface area contributed by atoms with Crippen molar-refractivity contribution in [2.75, 3.05) is 20.1 Å². The molecule has 2 heterocycles. The second kappa shape index (κ2) is 6.31. The summed E-state index contributed by atoms with van der Waals surface area (Å²) in [5, 5.41) is 3.17. The van der Waals surface area contributed by atoms with Crippen molar-refractivity contribution in [1.29, 1.82) is 0 Å². The minimum absolute atomic E-state index is 0.830. The molecule has 0 radical (unpaired) electrons. The predicted octanol–water partition coefficient (Wildman–Crippen LogP) is 3.32. The molecule has 20 heavy (non-hydrogen) atoms. The number of aryl methyl sites for hydroxylation is 1. The van der Waals surface area contributed by atoms with Crippen LogP contribution in [0.25, 0.3) is 0 Å². The normalized spacial score (nSPS) is 27.5. The van der Waals surface area contributed by atoms with Gasteiger partial charge in [0, 0.05) is 6.54 Å². The highest BCUT2D eigenvalue weighted by molar-refractivity contribution is 5.20. The fourth-order valence-corrected chi connectivity index (χ4v) is 4.04. The highest BCUT2D eigenvalue weighted by Crippen LogP contribution is 2.36. The van der Waals surface area contributed by atoms with Crippen molar-refractivity contribution >= 4 is 0 Å². The first-order chi connectivity index (χ1) is 9.76. The molecule has 0 amide bonds. The molecule has 1 aliphatic carbocycles. The van der Waals surface area contributed by atoms with E-state index in [4.69, 9.17) is 4.42 Å². The molecule has 1 N–H and O–H groups in total. The Kier molecular flexibility index (Phi) is 4.47. The van der Waals surface area contributed by atoms with Crippen LogP contribution in [0, 0.1) is 18.8 Å². The smallest absolute Gasteiger partial charge is 0.120 e. The van der Waals surface area contributed by atoms with Crippen molar-refractivity contribution < 1.29 is 4.42 Å². The zero-order chi connectivity index (χ0) is 13.9. The summed E-state index contributed by atoms with van der Waals surface area (Å²) in [4.78, 5) is 2.61. The van der Waals surface area contributed by atoms with Crippen LogP contribution < -0.4 is 5.32 Å². The lowest BCUT2D eigenvalue weighted by Gasteiger charge is -2.41. The van der Waals surface area contributed by atoms with E-state index in [1.54, 1.807) is 0 Å². The third-order valence-corrected chi connectivity index (χ3v) is 5.16. The molecule has 0 aromatic carbocycles. The Hall–Kier alpha value is -0.800. The molecule has 3 heteroatoms. The highest BCUT2D eigenvalue weighted by Gasteiger charge is 2.31. The summed E-state index contributed by atoms with van der Waals surface area (Å²) < 4.78 is 5.99. The van der Waals surface area contributed by atoms with E-state index in [9.17, 15) is 0 Å². The van der Waals surface area contributed by atoms with Crippen molar-refractivity contribution in [2.45, 2.75) is 52.1 Å². The van der Waals surface area contributed by atoms with Gasteiger partial charge in [-0.25, -0.2) is 0 Å². The number of piperidine rings is 1. The van der Waals surface area contributed by atoms with Gasteiger partial charge in [0.15, 0.2) is 0 Å². The predicted molar refractivity (Wildman–Crippen MR) is 81.6 cm³/mol. The topological polar surface area (TPSA) is 28.4 Å². The van der Waals surface area contributed by atoms with Crippen LogP contribution in [0.15, 0.2) is 10.5 Å². The van der Waals surface area contributed by atoms with Crippen molar-refractivity contribution in [3.05, 3.63) is 23.2 Å². The Bertz CT molecular complexity index is 440. The molecule has 2 atom stereocenters. The standard InChI is InChI=1S/C17H28N2O/c1-13-9-16(20-17(13)10-18-2)12-19-8-7-14-5-3-4-6-15(14)11-19/h9,14-15,18H,3-8,10-12H2,1-2H3. The largest absolute Gasteiger partial charge is 0.463 e. The SMILES string of the molecule is CNCc1oc(CN2CCC3CCCCC3C2)cc1C. The van der Waals surface area contributed by atoms with E-state index < -0.39 is 0 Å². The lowest BCUT2D eigenvalue weighted by atomic mass is 9.75. The van der Waals surface area contributed by atoms with Gasteiger partial charge in [0.2, 0.25) is 0 Å². The molecule has 112 valence electrons. The molecule has 0 bridgehead atoms. The average Bonchev–Trinajstić information content (AvgIpc) is 2.79. The molecule has 2 unspecified atom stereocenters. The number of rotatable bonds is 4. The first-order valence-corrected chi connectivity index (χ1v) is 8.21. The van der Waals surface area contributed by atoms with Crippen LogP contribution in [0.1, 0.15) is 49.2 Å². The number of hydrogen-bond acceptors (Lipinski definition) is 3. The number of hydrogen-bond donors (Lipinski definition) is 1. The molecule has 1 aliphatic heterocycles. The van der Waals surface area contributed by atoms with Gasteiger partial charge < -0.3 is 9.73 Å². The van der Waals surface area contributed by atoms with Gasteiger partial charge in [-0.3, -0.25) is 4.90 Å². The number of nitrogens with one attached hydrogen (secondary N) is 1. The average molecular weight is 276 g/mol. The lowest BCUT2D eigenvalue weighted by molar-refractivity contribution is 0.0771. The van der Waals surface area contributed by atoms with Crippen LogP contribution in [0.4, 0.5) is 0 Å². The molecule has 1 saturated heterocycles. The second-order valence-electron chi connectivity index (χ2n) is 6.68. The monoisotopic (exact) mass is 276 g/mol. The molecule has 1 aromatic rings. The van der Waals surface area contributed by atoms with Gasteiger partial charge in [0.25, 0.3) is 0 Å². The van der Waals surface area contributed by atoms with Gasteiger partial charge in [-0.2, -0.15) is 0 Å². The molecule has 2 aliphatic rings. The van der Waals surface area contributed by atoms with Gasteiger partial charge >= 0.3 is 0 Å². The van der Waals surface area contributed by atoms with Crippen molar-refractivity contribution in [3.63, 3.8) is 0 Å². The van der Waals surface area contributed by atoms with Crippen LogP contribution >= 0.6 is 0 Å². The van der Waals surface area contributed by atoms with Crippen molar-refractivity contribution in [2.24, 2.45) is 11.8 Å². The van der Waals surface area contributed by atoms with E-state index >= 15 is 0 Å². The molecular formula is C17H28N2O. The van der Waals surface area contributed by atoms with Gasteiger partial charge in [0.1, 0.15) is 11.5 Å². The van der Waals surface area contributed by atoms with E-state index in [0.717, 1.165) is 36.4 Å². The van der Waals surface area contributed by atoms with Crippen LogP contribution in [0.3, 0.4) is 0 Å². The molecule has 2 fully saturated rings. The first-order valence-electron chi connectivity index (χ1n) is 8.21. The fourth-order valence-electron chi connectivity index (χ4n) is 4.04. The Balaban J connectivity index is 1.59. The van der Waals surface area contributed by atoms with E-state index in [1.807, 2.05) is 7.05 Å². The van der Waals surface area contributed by atoms with Crippen molar-refractivity contribution in [3.8, 4) is 0 Å². The number of nitrogens with zero attached hydrogens (tertiary/aromatic N) is 1. The second-order valence-corrected chi connectivity index (χ2v) is 6.68. The Labute approximate surface area is 122 Å².